The summed E-state index contributed by atoms with van der Waals surface area (Å²) in [6, 6.07) is 12.7. The van der Waals surface area contributed by atoms with Crippen LogP contribution in [0.5, 0.6) is 5.75 Å². The average molecular weight is 598 g/mol. The van der Waals surface area contributed by atoms with Gasteiger partial charge in [-0.15, -0.1) is 0 Å². The Labute approximate surface area is 258 Å². The van der Waals surface area contributed by atoms with Crippen LogP contribution < -0.4 is 4.74 Å². The summed E-state index contributed by atoms with van der Waals surface area (Å²) in [6.07, 6.45) is 10.00. The summed E-state index contributed by atoms with van der Waals surface area (Å²) in [7, 11) is 1.71. The zero-order valence-electron chi connectivity index (χ0n) is 25.8. The number of carboxylic acids is 1. The molecule has 0 spiro atoms. The molecule has 1 saturated carbocycles. The van der Waals surface area contributed by atoms with Crippen molar-refractivity contribution in [2.75, 3.05) is 26.9 Å². The van der Waals surface area contributed by atoms with Crippen LogP contribution in [0.1, 0.15) is 89.4 Å². The number of carboxylic acid groups (broad SMARTS) is 1. The molecule has 1 N–H and O–H groups in total. The summed E-state index contributed by atoms with van der Waals surface area (Å²) in [6.45, 7) is 3.53. The highest BCUT2D eigenvalue weighted by molar-refractivity contribution is 6.04. The topological polar surface area (TPSA) is 87.7 Å². The van der Waals surface area contributed by atoms with Crippen molar-refractivity contribution in [3.05, 3.63) is 70.2 Å². The maximum atomic E-state index is 13.0. The van der Waals surface area contributed by atoms with Crippen LogP contribution in [0.2, 0.25) is 0 Å². The molecule has 3 aliphatic rings. The Balaban J connectivity index is 1.28. The van der Waals surface area contributed by atoms with Crippen LogP contribution >= 0.6 is 0 Å². The van der Waals surface area contributed by atoms with E-state index in [9.17, 15) is 9.90 Å². The van der Waals surface area contributed by atoms with E-state index in [2.05, 4.69) is 45.6 Å². The number of carbonyl (C=O) groups is 1. The lowest BCUT2D eigenvalue weighted by Crippen LogP contribution is -2.12. The van der Waals surface area contributed by atoms with Gasteiger partial charge >= 0.3 is 5.97 Å². The van der Waals surface area contributed by atoms with Gasteiger partial charge in [-0.05, 0) is 87.0 Å². The van der Waals surface area contributed by atoms with Gasteiger partial charge in [0.2, 0.25) is 0 Å². The molecule has 7 rings (SSSR count). The smallest absolute Gasteiger partial charge is 0.352 e. The number of methoxy groups -OCH3 is 1. The molecule has 8 nitrogen and oxygen atoms in total. The number of hydrogen-bond donors (Lipinski definition) is 1. The molecule has 0 saturated heterocycles. The van der Waals surface area contributed by atoms with E-state index in [0.717, 1.165) is 89.7 Å². The van der Waals surface area contributed by atoms with Crippen molar-refractivity contribution in [2.24, 2.45) is 0 Å². The summed E-state index contributed by atoms with van der Waals surface area (Å²) >= 11 is 0. The van der Waals surface area contributed by atoms with Gasteiger partial charge in [0, 0.05) is 42.7 Å². The predicted molar refractivity (Wildman–Crippen MR) is 170 cm³/mol. The molecule has 2 aromatic heterocycles. The largest absolute Gasteiger partial charge is 0.493 e. The molecule has 3 heterocycles. The fourth-order valence-corrected chi connectivity index (χ4v) is 7.32. The number of ether oxygens (including phenoxy) is 3. The maximum absolute atomic E-state index is 13.0. The van der Waals surface area contributed by atoms with Crippen LogP contribution in [0.4, 0.5) is 0 Å². The lowest BCUT2D eigenvalue weighted by molar-refractivity contribution is 0.0683. The van der Waals surface area contributed by atoms with Crippen molar-refractivity contribution in [1.82, 2.24) is 14.3 Å². The second-order valence-electron chi connectivity index (χ2n) is 12.5. The highest BCUT2D eigenvalue weighted by Crippen LogP contribution is 2.47. The fraction of sp³-hybridized carbons (Fsp3) is 0.500. The molecule has 2 aliphatic carbocycles. The zero-order valence-corrected chi connectivity index (χ0v) is 25.8. The lowest BCUT2D eigenvalue weighted by atomic mass is 9.91. The number of benzene rings is 2. The highest BCUT2D eigenvalue weighted by atomic mass is 16.5. The van der Waals surface area contributed by atoms with Gasteiger partial charge in [-0.1, -0.05) is 30.3 Å². The summed E-state index contributed by atoms with van der Waals surface area (Å²) in [4.78, 5) is 13.0. The van der Waals surface area contributed by atoms with Crippen molar-refractivity contribution in [3.63, 3.8) is 0 Å². The average Bonchev–Trinajstić information content (AvgIpc) is 3.75. The first kappa shape index (κ1) is 29.1. The number of rotatable bonds is 10. The molecule has 232 valence electrons. The monoisotopic (exact) mass is 597 g/mol. The quantitative estimate of drug-likeness (QED) is 0.200. The van der Waals surface area contributed by atoms with Gasteiger partial charge in [-0.3, -0.25) is 4.68 Å². The Morgan fingerprint density at radius 2 is 1.93 bits per heavy atom. The van der Waals surface area contributed by atoms with E-state index in [1.54, 1.807) is 7.11 Å². The molecule has 44 heavy (non-hydrogen) atoms. The number of aromatic nitrogens is 3. The van der Waals surface area contributed by atoms with Gasteiger partial charge in [0.25, 0.3) is 0 Å². The summed E-state index contributed by atoms with van der Waals surface area (Å²) in [5, 5.41) is 16.8. The first-order valence-electron chi connectivity index (χ1n) is 16.4. The molecule has 0 bridgehead atoms. The second-order valence-corrected chi connectivity index (χ2v) is 12.5. The molecule has 0 unspecified atom stereocenters. The molecule has 0 atom stereocenters. The normalized spacial score (nSPS) is 16.8. The Morgan fingerprint density at radius 1 is 1.07 bits per heavy atom. The molecule has 4 aromatic rings. The van der Waals surface area contributed by atoms with E-state index < -0.39 is 5.97 Å². The van der Waals surface area contributed by atoms with E-state index in [4.69, 9.17) is 19.3 Å². The number of aromatic carboxylic acids is 1. The minimum atomic E-state index is -0.871. The van der Waals surface area contributed by atoms with Gasteiger partial charge in [0.15, 0.2) is 0 Å². The van der Waals surface area contributed by atoms with E-state index in [-0.39, 0.29) is 0 Å². The molecule has 0 radical (unpaired) electrons. The molecule has 1 fully saturated rings. The Kier molecular flexibility index (Phi) is 8.45. The molecule has 0 amide bonds. The van der Waals surface area contributed by atoms with Gasteiger partial charge in [0.05, 0.1) is 43.3 Å². The number of hydrogen-bond acceptors (Lipinski definition) is 5. The van der Waals surface area contributed by atoms with E-state index in [0.29, 0.717) is 57.5 Å². The summed E-state index contributed by atoms with van der Waals surface area (Å²) < 4.78 is 22.1. The highest BCUT2D eigenvalue weighted by Gasteiger charge is 2.34. The molecule has 8 heteroatoms. The van der Waals surface area contributed by atoms with Gasteiger partial charge in [-0.2, -0.15) is 5.10 Å². The third kappa shape index (κ3) is 5.54. The van der Waals surface area contributed by atoms with Crippen molar-refractivity contribution in [1.29, 1.82) is 0 Å². The molecular formula is C36H43N3O5. The predicted octanol–water partition coefficient (Wildman–Crippen LogP) is 6.93. The van der Waals surface area contributed by atoms with Gasteiger partial charge in [-0.25, -0.2) is 4.79 Å². The van der Waals surface area contributed by atoms with Crippen LogP contribution in [0, 0.1) is 0 Å². The van der Waals surface area contributed by atoms with Crippen molar-refractivity contribution in [3.8, 4) is 16.9 Å². The van der Waals surface area contributed by atoms with E-state index in [1.165, 1.54) is 24.0 Å². The number of para-hydroxylation sites is 1. The third-order valence-corrected chi connectivity index (χ3v) is 9.56. The molecule has 2 aromatic carbocycles. The van der Waals surface area contributed by atoms with E-state index >= 15 is 0 Å². The van der Waals surface area contributed by atoms with Crippen molar-refractivity contribution >= 4 is 16.9 Å². The van der Waals surface area contributed by atoms with Crippen LogP contribution in [0.25, 0.3) is 22.0 Å². The van der Waals surface area contributed by atoms with Crippen LogP contribution in [0.15, 0.2) is 36.4 Å². The van der Waals surface area contributed by atoms with Gasteiger partial charge < -0.3 is 23.9 Å². The number of fused-ring (bicyclic) bond motifs is 3. The third-order valence-electron chi connectivity index (χ3n) is 9.56. The number of nitrogens with zero attached hydrogens (tertiary/aromatic N) is 3. The van der Waals surface area contributed by atoms with Crippen molar-refractivity contribution in [2.45, 2.75) is 89.8 Å². The molecular weight excluding hydrogens is 554 g/mol. The molecule has 1 aliphatic heterocycles. The fourth-order valence-electron chi connectivity index (χ4n) is 7.32. The standard InChI is InChI=1S/C36H43N3O5/c1-42-22-19-39-30-23-43-20-5-4-18-38-34-27(12-7-13-29(34)32(30)33(37-39)25-16-17-25)28(35(38)36(40)41)14-8-21-44-31-15-6-10-24-9-2-3-11-26(24)31/h6-7,10,12-13,15,25H,2-5,8-9,11,14,16-23H2,1H3,(H,40,41). The Hall–Kier alpha value is -3.62. The van der Waals surface area contributed by atoms with Crippen molar-refractivity contribution < 1.29 is 24.1 Å². The summed E-state index contributed by atoms with van der Waals surface area (Å²) in [5.74, 6) is 0.549. The maximum Gasteiger partial charge on any atom is 0.352 e. The SMILES string of the molecule is COCCn1nc(C2CC2)c2c1COCCCCn1c(C(=O)O)c(CCCOc3cccc4c3CCCC4)c3cccc-2c31. The minimum absolute atomic E-state index is 0.408. The first-order valence-corrected chi connectivity index (χ1v) is 16.4. The summed E-state index contributed by atoms with van der Waals surface area (Å²) in [5.41, 5.74) is 9.44. The Morgan fingerprint density at radius 3 is 2.77 bits per heavy atom. The Bertz CT molecular complexity index is 1660. The zero-order chi connectivity index (χ0) is 30.0. The van der Waals surface area contributed by atoms with Gasteiger partial charge in [0.1, 0.15) is 11.4 Å². The second kappa shape index (κ2) is 12.8. The van der Waals surface area contributed by atoms with Crippen LogP contribution in [0.3, 0.4) is 0 Å². The van der Waals surface area contributed by atoms with Crippen LogP contribution in [-0.2, 0) is 48.4 Å². The lowest BCUT2D eigenvalue weighted by Gasteiger charge is -2.19. The number of aryl methyl sites for hydroxylation is 3. The first-order chi connectivity index (χ1) is 21.7. The van der Waals surface area contributed by atoms with Crippen LogP contribution in [-0.4, -0.2) is 52.4 Å². The van der Waals surface area contributed by atoms with E-state index in [1.807, 2.05) is 0 Å². The minimum Gasteiger partial charge on any atom is -0.493 e.